The zero-order chi connectivity index (χ0) is 18.2. The zero-order valence-electron chi connectivity index (χ0n) is 11.2. The quantitative estimate of drug-likeness (QED) is 0.241. The largest absolute Gasteiger partial charge is 0.470 e. The van der Waals surface area contributed by atoms with Gasteiger partial charge in [-0.1, -0.05) is 0 Å². The minimum Gasteiger partial charge on any atom is -0.366 e. The van der Waals surface area contributed by atoms with Crippen LogP contribution in [0.15, 0.2) is 0 Å². The molecule has 0 spiro atoms. The average molecular weight is 404 g/mol. The third kappa shape index (κ3) is 7.34. The van der Waals surface area contributed by atoms with Crippen molar-refractivity contribution in [3.05, 3.63) is 0 Å². The number of hydrogen-bond donors (Lipinski definition) is 7. The van der Waals surface area contributed by atoms with E-state index in [1.807, 2.05) is 0 Å². The second-order valence-electron chi connectivity index (χ2n) is 4.41. The highest BCUT2D eigenvalue weighted by molar-refractivity contribution is 7.47. The monoisotopic (exact) mass is 404 g/mol. The van der Waals surface area contributed by atoms with Crippen LogP contribution in [0.25, 0.3) is 0 Å². The van der Waals surface area contributed by atoms with Crippen LogP contribution in [0.5, 0.6) is 0 Å². The van der Waals surface area contributed by atoms with Crippen molar-refractivity contribution in [1.29, 1.82) is 0 Å². The number of aliphatic hydroxyl groups is 1. The van der Waals surface area contributed by atoms with Gasteiger partial charge < -0.3 is 39.2 Å². The summed E-state index contributed by atoms with van der Waals surface area (Å²) >= 11 is 0. The zero-order valence-corrected chi connectivity index (χ0v) is 13.9. The summed E-state index contributed by atoms with van der Waals surface area (Å²) in [7, 11) is -15.8. The number of rotatable bonds is 6. The van der Waals surface area contributed by atoms with Crippen LogP contribution in [0.4, 0.5) is 0 Å². The molecule has 5 atom stereocenters. The maximum absolute atomic E-state index is 11.0. The number of phosphoric ester groups is 3. The van der Waals surface area contributed by atoms with Crippen LogP contribution in [-0.4, -0.2) is 65.2 Å². The van der Waals surface area contributed by atoms with Gasteiger partial charge in [0.1, 0.15) is 18.3 Å². The van der Waals surface area contributed by atoms with E-state index in [9.17, 15) is 18.8 Å². The van der Waals surface area contributed by atoms with Gasteiger partial charge in [-0.2, -0.15) is 0 Å². The highest BCUT2D eigenvalue weighted by Crippen LogP contribution is 2.49. The van der Waals surface area contributed by atoms with Gasteiger partial charge in [-0.25, -0.2) is 13.7 Å². The van der Waals surface area contributed by atoms with Gasteiger partial charge >= 0.3 is 23.5 Å². The summed E-state index contributed by atoms with van der Waals surface area (Å²) in [5.74, 6) is 0. The molecule has 0 amide bonds. The second kappa shape index (κ2) is 7.24. The van der Waals surface area contributed by atoms with E-state index in [4.69, 9.17) is 34.1 Å². The molecular formula is C6H15O14P3. The third-order valence-corrected chi connectivity index (χ3v) is 4.08. The molecule has 1 rings (SSSR count). The Morgan fingerprint density at radius 3 is 1.48 bits per heavy atom. The van der Waals surface area contributed by atoms with Crippen molar-refractivity contribution in [2.45, 2.75) is 37.6 Å². The highest BCUT2D eigenvalue weighted by atomic mass is 31.2. The Labute approximate surface area is 128 Å². The lowest BCUT2D eigenvalue weighted by molar-refractivity contribution is -0.267. The fraction of sp³-hybridized carbons (Fsp3) is 1.00. The molecule has 7 N–H and O–H groups in total. The minimum absolute atomic E-state index is 1.10. The number of ether oxygens (including phenoxy) is 1. The van der Waals surface area contributed by atoms with Crippen molar-refractivity contribution < 1.29 is 66.5 Å². The number of phosphoric acid groups is 3. The second-order valence-corrected chi connectivity index (χ2v) is 7.99. The topological polar surface area (TPSA) is 230 Å². The maximum atomic E-state index is 11.0. The standard InChI is InChI=1S/C6H15O14P3/c1-2-3(18-21(8,9)10)4(19-22(11,12)13)5(6(7)17-2)20-23(14,15)16/h2-7H,1H3,(H2,8,9,10)(H2,11,12,13)(H2,14,15,16)/t2-,3-,4+,5+,6?/m1/s1. The molecule has 14 nitrogen and oxygen atoms in total. The van der Waals surface area contributed by atoms with Gasteiger partial charge in [0.05, 0.1) is 6.10 Å². The molecule has 0 aromatic carbocycles. The lowest BCUT2D eigenvalue weighted by atomic mass is 10.0. The summed E-state index contributed by atoms with van der Waals surface area (Å²) in [5.41, 5.74) is 0. The van der Waals surface area contributed by atoms with E-state index in [1.165, 1.54) is 0 Å². The van der Waals surface area contributed by atoms with Crippen LogP contribution in [0.2, 0.25) is 0 Å². The van der Waals surface area contributed by atoms with Crippen molar-refractivity contribution in [3.63, 3.8) is 0 Å². The van der Waals surface area contributed by atoms with Crippen LogP contribution in [0, 0.1) is 0 Å². The van der Waals surface area contributed by atoms with E-state index in [2.05, 4.69) is 13.6 Å². The smallest absolute Gasteiger partial charge is 0.366 e. The maximum Gasteiger partial charge on any atom is 0.470 e. The van der Waals surface area contributed by atoms with Crippen molar-refractivity contribution in [2.75, 3.05) is 0 Å². The molecule has 0 saturated carbocycles. The summed E-state index contributed by atoms with van der Waals surface area (Å²) in [6.45, 7) is 1.10. The third-order valence-electron chi connectivity index (χ3n) is 2.52. The first kappa shape index (κ1) is 21.3. The molecule has 1 aliphatic rings. The Bertz CT molecular complexity index is 509. The van der Waals surface area contributed by atoms with E-state index in [0.29, 0.717) is 0 Å². The van der Waals surface area contributed by atoms with Crippen molar-refractivity contribution in [2.24, 2.45) is 0 Å². The fourth-order valence-corrected chi connectivity index (χ4v) is 3.55. The number of aliphatic hydroxyl groups excluding tert-OH is 1. The Hall–Kier alpha value is 0.250. The number of hydrogen-bond acceptors (Lipinski definition) is 8. The summed E-state index contributed by atoms with van der Waals surface area (Å²) in [5, 5.41) is 9.61. The lowest BCUT2D eigenvalue weighted by Gasteiger charge is -2.42. The van der Waals surface area contributed by atoms with Gasteiger partial charge in [-0.3, -0.25) is 13.6 Å². The summed E-state index contributed by atoms with van der Waals surface area (Å²) in [4.78, 5) is 52.8. The van der Waals surface area contributed by atoms with Crippen LogP contribution >= 0.6 is 23.5 Å². The Balaban J connectivity index is 3.21. The SMILES string of the molecule is C[C@H]1OC(O)[C@@H](OP(=O)(O)O)[C@@H](OP(=O)(O)O)[C@@H]1OP(=O)(O)O. The Morgan fingerprint density at radius 2 is 1.09 bits per heavy atom. The van der Waals surface area contributed by atoms with E-state index < -0.39 is 54.2 Å². The van der Waals surface area contributed by atoms with Gasteiger partial charge in [-0.15, -0.1) is 0 Å². The molecule has 1 aliphatic heterocycles. The van der Waals surface area contributed by atoms with Crippen LogP contribution in [-0.2, 0) is 32.0 Å². The van der Waals surface area contributed by atoms with E-state index in [-0.39, 0.29) is 0 Å². The molecule has 1 heterocycles. The molecule has 0 bridgehead atoms. The molecular weight excluding hydrogens is 389 g/mol. The highest BCUT2D eigenvalue weighted by Gasteiger charge is 2.52. The summed E-state index contributed by atoms with van der Waals surface area (Å²) < 4.78 is 50.2. The first-order valence-electron chi connectivity index (χ1n) is 5.64. The van der Waals surface area contributed by atoms with Crippen molar-refractivity contribution >= 4 is 23.5 Å². The fourth-order valence-electron chi connectivity index (χ4n) is 1.84. The van der Waals surface area contributed by atoms with E-state index in [0.717, 1.165) is 6.92 Å². The molecule has 1 saturated heterocycles. The predicted octanol–water partition coefficient (Wildman–Crippen LogP) is -1.84. The minimum atomic E-state index is -5.33. The first-order valence-corrected chi connectivity index (χ1v) is 10.2. The predicted molar refractivity (Wildman–Crippen MR) is 67.3 cm³/mol. The van der Waals surface area contributed by atoms with Gasteiger partial charge in [0.2, 0.25) is 0 Å². The molecule has 0 aromatic rings. The van der Waals surface area contributed by atoms with E-state index >= 15 is 0 Å². The average Bonchev–Trinajstić information content (AvgIpc) is 2.25. The van der Waals surface area contributed by atoms with Crippen molar-refractivity contribution in [3.8, 4) is 0 Å². The van der Waals surface area contributed by atoms with Gasteiger partial charge in [0, 0.05) is 0 Å². The molecule has 17 heteroatoms. The molecule has 1 fully saturated rings. The van der Waals surface area contributed by atoms with Crippen LogP contribution < -0.4 is 0 Å². The van der Waals surface area contributed by atoms with E-state index in [1.54, 1.807) is 0 Å². The van der Waals surface area contributed by atoms with Crippen LogP contribution in [0.3, 0.4) is 0 Å². The summed E-state index contributed by atoms with van der Waals surface area (Å²) in [6, 6.07) is 0. The lowest BCUT2D eigenvalue weighted by Crippen LogP contribution is -2.58. The molecule has 0 aliphatic carbocycles. The molecule has 23 heavy (non-hydrogen) atoms. The van der Waals surface area contributed by atoms with Gasteiger partial charge in [0.25, 0.3) is 0 Å². The molecule has 0 aromatic heterocycles. The van der Waals surface area contributed by atoms with Gasteiger partial charge in [-0.05, 0) is 6.92 Å². The van der Waals surface area contributed by atoms with Crippen LogP contribution in [0.1, 0.15) is 6.92 Å². The molecule has 138 valence electrons. The molecule has 0 radical (unpaired) electrons. The Kier molecular flexibility index (Phi) is 6.70. The summed E-state index contributed by atoms with van der Waals surface area (Å²) in [6.07, 6.45) is -9.83. The Morgan fingerprint density at radius 1 is 0.739 bits per heavy atom. The first-order chi connectivity index (χ1) is 10.1. The normalized spacial score (nSPS) is 33.7. The van der Waals surface area contributed by atoms with Crippen molar-refractivity contribution in [1.82, 2.24) is 0 Å². The van der Waals surface area contributed by atoms with Gasteiger partial charge in [0.15, 0.2) is 6.29 Å². The molecule has 1 unspecified atom stereocenters.